The van der Waals surface area contributed by atoms with Crippen molar-refractivity contribution in [2.75, 3.05) is 0 Å². The van der Waals surface area contributed by atoms with Crippen molar-refractivity contribution in [1.82, 2.24) is 0 Å². The van der Waals surface area contributed by atoms with E-state index in [1.165, 1.54) is 26.0 Å². The van der Waals surface area contributed by atoms with Gasteiger partial charge in [0.05, 0.1) is 5.56 Å². The molecule has 0 amide bonds. The predicted molar refractivity (Wildman–Crippen MR) is 50.8 cm³/mol. The van der Waals surface area contributed by atoms with Crippen molar-refractivity contribution in [3.8, 4) is 0 Å². The highest BCUT2D eigenvalue weighted by Crippen LogP contribution is 2.14. The predicted octanol–water partition coefficient (Wildman–Crippen LogP) is 2.16. The van der Waals surface area contributed by atoms with Gasteiger partial charge in [-0.15, -0.1) is 0 Å². The Hall–Kier alpha value is -1.51. The number of Topliss-reactive ketones (excluding diaryl/α,β-unsaturated/α-hetero) is 2. The van der Waals surface area contributed by atoms with Crippen molar-refractivity contribution >= 4 is 11.6 Å². The van der Waals surface area contributed by atoms with Crippen LogP contribution in [0.25, 0.3) is 0 Å². The molecule has 0 bridgehead atoms. The summed E-state index contributed by atoms with van der Waals surface area (Å²) < 4.78 is 13.5. The summed E-state index contributed by atoms with van der Waals surface area (Å²) in [5.74, 6) is -1.02. The van der Waals surface area contributed by atoms with Gasteiger partial charge in [-0.3, -0.25) is 9.59 Å². The maximum absolute atomic E-state index is 13.5. The molecular formula is C11H11FO2. The van der Waals surface area contributed by atoms with E-state index < -0.39 is 5.82 Å². The number of benzene rings is 1. The number of hydrogen-bond donors (Lipinski definition) is 0. The molecule has 74 valence electrons. The molecule has 0 spiro atoms. The van der Waals surface area contributed by atoms with Gasteiger partial charge in [0.25, 0.3) is 0 Å². The summed E-state index contributed by atoms with van der Waals surface area (Å²) in [7, 11) is 0. The number of hydrogen-bond acceptors (Lipinski definition) is 2. The zero-order valence-electron chi connectivity index (χ0n) is 8.13. The van der Waals surface area contributed by atoms with E-state index in [0.717, 1.165) is 0 Å². The first-order chi connectivity index (χ1) is 6.52. The van der Waals surface area contributed by atoms with Gasteiger partial charge in [0.15, 0.2) is 5.78 Å². The van der Waals surface area contributed by atoms with E-state index >= 15 is 0 Å². The number of halogens is 1. The summed E-state index contributed by atoms with van der Waals surface area (Å²) in [6.45, 7) is 2.69. The Morgan fingerprint density at radius 3 is 2.43 bits per heavy atom. The van der Waals surface area contributed by atoms with Gasteiger partial charge < -0.3 is 0 Å². The zero-order valence-corrected chi connectivity index (χ0v) is 8.13. The lowest BCUT2D eigenvalue weighted by molar-refractivity contribution is -0.116. The lowest BCUT2D eigenvalue weighted by Crippen LogP contribution is -2.04. The van der Waals surface area contributed by atoms with E-state index in [1.54, 1.807) is 6.07 Å². The zero-order chi connectivity index (χ0) is 10.7. The first-order valence-corrected chi connectivity index (χ1v) is 4.30. The number of ketones is 2. The highest BCUT2D eigenvalue weighted by molar-refractivity contribution is 5.94. The van der Waals surface area contributed by atoms with Crippen LogP contribution in [0.4, 0.5) is 4.39 Å². The van der Waals surface area contributed by atoms with Crippen LogP contribution in [0.1, 0.15) is 29.8 Å². The standard InChI is InChI=1S/C11H11FO2/c1-7(13)6-9-4-3-5-10(8(2)14)11(9)12/h3-5H,6H2,1-2H3. The van der Waals surface area contributed by atoms with Crippen LogP contribution in [-0.2, 0) is 11.2 Å². The van der Waals surface area contributed by atoms with Gasteiger partial charge in [-0.2, -0.15) is 0 Å². The van der Waals surface area contributed by atoms with Crippen LogP contribution < -0.4 is 0 Å². The Morgan fingerprint density at radius 1 is 1.29 bits per heavy atom. The van der Waals surface area contributed by atoms with Crippen LogP contribution in [0.3, 0.4) is 0 Å². The molecule has 0 aromatic heterocycles. The third kappa shape index (κ3) is 2.25. The Labute approximate surface area is 81.7 Å². The molecule has 3 heteroatoms. The van der Waals surface area contributed by atoms with Crippen LogP contribution in [0.5, 0.6) is 0 Å². The van der Waals surface area contributed by atoms with E-state index in [1.807, 2.05) is 0 Å². The fourth-order valence-corrected chi connectivity index (χ4v) is 1.26. The van der Waals surface area contributed by atoms with Gasteiger partial charge in [-0.05, 0) is 25.5 Å². The molecule has 1 rings (SSSR count). The van der Waals surface area contributed by atoms with Crippen LogP contribution in [0, 0.1) is 5.82 Å². The molecule has 14 heavy (non-hydrogen) atoms. The Morgan fingerprint density at radius 2 is 1.93 bits per heavy atom. The van der Waals surface area contributed by atoms with Crippen molar-refractivity contribution in [3.05, 3.63) is 35.1 Å². The fourth-order valence-electron chi connectivity index (χ4n) is 1.26. The molecular weight excluding hydrogens is 183 g/mol. The molecule has 0 N–H and O–H groups in total. The fraction of sp³-hybridized carbons (Fsp3) is 0.273. The first-order valence-electron chi connectivity index (χ1n) is 4.30. The van der Waals surface area contributed by atoms with Crippen LogP contribution >= 0.6 is 0 Å². The molecule has 0 saturated heterocycles. The molecule has 0 radical (unpaired) electrons. The molecule has 0 saturated carbocycles. The SMILES string of the molecule is CC(=O)Cc1cccc(C(C)=O)c1F. The smallest absolute Gasteiger partial charge is 0.162 e. The molecule has 0 heterocycles. The average Bonchev–Trinajstić information content (AvgIpc) is 2.07. The molecule has 1 aromatic rings. The van der Waals surface area contributed by atoms with Crippen molar-refractivity contribution in [3.63, 3.8) is 0 Å². The summed E-state index contributed by atoms with van der Waals surface area (Å²) in [5, 5.41) is 0. The van der Waals surface area contributed by atoms with Gasteiger partial charge in [0.1, 0.15) is 11.6 Å². The van der Waals surface area contributed by atoms with E-state index in [2.05, 4.69) is 0 Å². The minimum atomic E-state index is -0.574. The molecule has 0 aliphatic heterocycles. The maximum atomic E-state index is 13.5. The number of rotatable bonds is 3. The summed E-state index contributed by atoms with van der Waals surface area (Å²) >= 11 is 0. The minimum absolute atomic E-state index is 0.0347. The van der Waals surface area contributed by atoms with Crippen molar-refractivity contribution < 1.29 is 14.0 Å². The normalized spacial score (nSPS) is 9.93. The van der Waals surface area contributed by atoms with E-state index in [-0.39, 0.29) is 29.1 Å². The van der Waals surface area contributed by atoms with Crippen molar-refractivity contribution in [2.24, 2.45) is 0 Å². The quantitative estimate of drug-likeness (QED) is 0.691. The summed E-state index contributed by atoms with van der Waals surface area (Å²) in [5.41, 5.74) is 0.328. The second-order valence-electron chi connectivity index (χ2n) is 3.21. The minimum Gasteiger partial charge on any atom is -0.300 e. The Bertz CT molecular complexity index is 383. The number of carbonyl (C=O) groups is 2. The van der Waals surface area contributed by atoms with Gasteiger partial charge in [0.2, 0.25) is 0 Å². The monoisotopic (exact) mass is 194 g/mol. The van der Waals surface area contributed by atoms with Crippen LogP contribution in [-0.4, -0.2) is 11.6 Å². The second-order valence-corrected chi connectivity index (χ2v) is 3.21. The van der Waals surface area contributed by atoms with Gasteiger partial charge in [-0.25, -0.2) is 4.39 Å². The van der Waals surface area contributed by atoms with E-state index in [4.69, 9.17) is 0 Å². The molecule has 0 aliphatic rings. The maximum Gasteiger partial charge on any atom is 0.162 e. The first kappa shape index (κ1) is 10.6. The van der Waals surface area contributed by atoms with Crippen molar-refractivity contribution in [1.29, 1.82) is 0 Å². The lowest BCUT2D eigenvalue weighted by Gasteiger charge is -2.03. The highest BCUT2D eigenvalue weighted by Gasteiger charge is 2.11. The molecule has 1 aromatic carbocycles. The van der Waals surface area contributed by atoms with Gasteiger partial charge in [-0.1, -0.05) is 12.1 Å². The Kier molecular flexibility index (Phi) is 3.12. The largest absolute Gasteiger partial charge is 0.300 e. The molecule has 2 nitrogen and oxygen atoms in total. The second kappa shape index (κ2) is 4.13. The molecule has 0 fully saturated rings. The van der Waals surface area contributed by atoms with Gasteiger partial charge >= 0.3 is 0 Å². The average molecular weight is 194 g/mol. The summed E-state index contributed by atoms with van der Waals surface area (Å²) in [4.78, 5) is 21.8. The lowest BCUT2D eigenvalue weighted by atomic mass is 10.0. The third-order valence-corrected chi connectivity index (χ3v) is 1.90. The third-order valence-electron chi connectivity index (χ3n) is 1.90. The van der Waals surface area contributed by atoms with Crippen LogP contribution in [0.2, 0.25) is 0 Å². The summed E-state index contributed by atoms with van der Waals surface area (Å²) in [6, 6.07) is 4.52. The molecule has 0 unspecified atom stereocenters. The summed E-state index contributed by atoms with van der Waals surface area (Å²) in [6.07, 6.45) is 0.0347. The van der Waals surface area contributed by atoms with Gasteiger partial charge in [0, 0.05) is 6.42 Å². The molecule has 0 atom stereocenters. The number of carbonyl (C=O) groups excluding carboxylic acids is 2. The Balaban J connectivity index is 3.13. The topological polar surface area (TPSA) is 34.1 Å². The highest BCUT2D eigenvalue weighted by atomic mass is 19.1. The van der Waals surface area contributed by atoms with E-state index in [9.17, 15) is 14.0 Å². The van der Waals surface area contributed by atoms with E-state index in [0.29, 0.717) is 0 Å². The van der Waals surface area contributed by atoms with Crippen molar-refractivity contribution in [2.45, 2.75) is 20.3 Å². The van der Waals surface area contributed by atoms with Crippen LogP contribution in [0.15, 0.2) is 18.2 Å². The molecule has 0 aliphatic carbocycles.